The van der Waals surface area contributed by atoms with E-state index in [1.807, 2.05) is 0 Å². The normalized spacial score (nSPS) is 43.1. The van der Waals surface area contributed by atoms with Gasteiger partial charge in [-0.25, -0.2) is 0 Å². The van der Waals surface area contributed by atoms with Gasteiger partial charge in [-0.2, -0.15) is 0 Å². The highest BCUT2D eigenvalue weighted by Crippen LogP contribution is 2.63. The summed E-state index contributed by atoms with van der Waals surface area (Å²) in [6.45, 7) is 2.54. The fourth-order valence-corrected chi connectivity index (χ4v) is 7.66. The molecule has 3 rings (SSSR count). The number of fused-ring (bicyclic) bond motifs is 2. The Morgan fingerprint density at radius 3 is 2.73 bits per heavy atom. The van der Waals surface area contributed by atoms with Gasteiger partial charge in [0.25, 0.3) is 0 Å². The number of hydrogen-bond acceptors (Lipinski definition) is 2. The molecule has 1 aliphatic heterocycles. The van der Waals surface area contributed by atoms with Gasteiger partial charge in [-0.05, 0) is 37.0 Å². The van der Waals surface area contributed by atoms with Crippen LogP contribution < -0.4 is 0 Å². The molecule has 0 aromatic rings. The quantitative estimate of drug-likeness (QED) is 0.578. The molecule has 0 nitrogen and oxygen atoms in total. The number of hydrogen-bond donors (Lipinski definition) is 0. The fourth-order valence-electron chi connectivity index (χ4n) is 3.73. The van der Waals surface area contributed by atoms with Gasteiger partial charge in [-0.3, -0.25) is 0 Å². The minimum atomic E-state index is 0.609. The van der Waals surface area contributed by atoms with Crippen LogP contribution in [-0.2, 0) is 0 Å². The molecule has 1 saturated carbocycles. The Bertz CT molecular complexity index is 278. The van der Waals surface area contributed by atoms with Crippen LogP contribution >= 0.6 is 23.5 Å². The lowest BCUT2D eigenvalue weighted by molar-refractivity contribution is 0.109. The molecule has 3 aliphatic rings. The van der Waals surface area contributed by atoms with E-state index in [4.69, 9.17) is 0 Å². The molecule has 2 aliphatic carbocycles. The summed E-state index contributed by atoms with van der Waals surface area (Å²) in [5, 5.41) is 0. The van der Waals surface area contributed by atoms with E-state index < -0.39 is 0 Å². The van der Waals surface area contributed by atoms with Crippen LogP contribution in [0, 0.1) is 11.3 Å². The predicted octanol–water partition coefficient (Wildman–Crippen LogP) is 4.32. The summed E-state index contributed by atoms with van der Waals surface area (Å²) in [7, 11) is 0. The molecule has 0 N–H and O–H groups in total. The van der Waals surface area contributed by atoms with Crippen molar-refractivity contribution >= 4 is 23.5 Å². The fraction of sp³-hybridized carbons (Fsp3) is 0.846. The molecule has 2 fully saturated rings. The van der Waals surface area contributed by atoms with Gasteiger partial charge in [-0.15, -0.1) is 23.5 Å². The van der Waals surface area contributed by atoms with Crippen molar-refractivity contribution in [2.24, 2.45) is 11.3 Å². The van der Waals surface area contributed by atoms with Crippen LogP contribution in [0.2, 0.25) is 0 Å². The van der Waals surface area contributed by atoms with Gasteiger partial charge in [0.2, 0.25) is 0 Å². The first-order valence-electron chi connectivity index (χ1n) is 6.18. The Hall–Kier alpha value is 0.440. The van der Waals surface area contributed by atoms with E-state index in [1.54, 1.807) is 0 Å². The zero-order chi connectivity index (χ0) is 10.4. The summed E-state index contributed by atoms with van der Waals surface area (Å²) in [5.41, 5.74) is 0.622. The Kier molecular flexibility index (Phi) is 2.63. The van der Waals surface area contributed by atoms with E-state index in [9.17, 15) is 0 Å². The first-order chi connectivity index (χ1) is 7.25. The highest BCUT2D eigenvalue weighted by molar-refractivity contribution is 8.21. The highest BCUT2D eigenvalue weighted by Gasteiger charge is 2.53. The lowest BCUT2D eigenvalue weighted by atomic mass is 9.62. The third kappa shape index (κ3) is 1.59. The second-order valence-corrected chi connectivity index (χ2v) is 8.59. The second-order valence-electron chi connectivity index (χ2n) is 5.48. The monoisotopic (exact) mass is 240 g/mol. The third-order valence-electron chi connectivity index (χ3n) is 4.54. The molecule has 0 aromatic carbocycles. The van der Waals surface area contributed by atoms with Crippen LogP contribution in [0.5, 0.6) is 0 Å². The maximum absolute atomic E-state index is 2.54. The van der Waals surface area contributed by atoms with Gasteiger partial charge in [-0.1, -0.05) is 25.5 Å². The minimum absolute atomic E-state index is 0.609. The van der Waals surface area contributed by atoms with E-state index in [-0.39, 0.29) is 0 Å². The molecule has 1 heterocycles. The predicted molar refractivity (Wildman–Crippen MR) is 71.5 cm³/mol. The summed E-state index contributed by atoms with van der Waals surface area (Å²) in [6.07, 6.45) is 11.9. The zero-order valence-electron chi connectivity index (χ0n) is 9.50. The Balaban J connectivity index is 1.93. The standard InChI is InChI=1S/C13H20S2/c1-12-6-3-2-5-11(12)13(8-4-7-12)14-9-10-15-13/h2-3,11H,4-10H2,1H3/t11-,12+/m1/s1. The largest absolute Gasteiger partial charge is 0.143 e. The molecule has 0 amide bonds. The summed E-state index contributed by atoms with van der Waals surface area (Å²) in [4.78, 5) is 0. The molecule has 0 unspecified atom stereocenters. The summed E-state index contributed by atoms with van der Waals surface area (Å²) in [5.74, 6) is 3.73. The van der Waals surface area contributed by atoms with Gasteiger partial charge in [0.15, 0.2) is 0 Å². The number of allylic oxidation sites excluding steroid dienone is 2. The topological polar surface area (TPSA) is 0 Å². The zero-order valence-corrected chi connectivity index (χ0v) is 11.1. The van der Waals surface area contributed by atoms with Crippen LogP contribution in [0.25, 0.3) is 0 Å². The Labute approximate surface area is 102 Å². The Morgan fingerprint density at radius 1 is 1.13 bits per heavy atom. The molecule has 1 spiro atoms. The number of thioether (sulfide) groups is 2. The first kappa shape index (κ1) is 10.6. The van der Waals surface area contributed by atoms with Crippen LogP contribution in [-0.4, -0.2) is 15.6 Å². The van der Waals surface area contributed by atoms with E-state index in [1.165, 1.54) is 43.6 Å². The SMILES string of the molecule is C[C@@]12CC=CC[C@H]1C1(CCC2)SCCS1. The van der Waals surface area contributed by atoms with Gasteiger partial charge in [0.05, 0.1) is 4.08 Å². The Morgan fingerprint density at radius 2 is 1.93 bits per heavy atom. The molecule has 1 saturated heterocycles. The molecule has 0 bridgehead atoms. The van der Waals surface area contributed by atoms with E-state index in [2.05, 4.69) is 42.6 Å². The molecule has 0 radical (unpaired) electrons. The van der Waals surface area contributed by atoms with Crippen molar-refractivity contribution in [1.29, 1.82) is 0 Å². The molecule has 2 heteroatoms. The first-order valence-corrected chi connectivity index (χ1v) is 8.15. The van der Waals surface area contributed by atoms with Crippen LogP contribution in [0.4, 0.5) is 0 Å². The molecular weight excluding hydrogens is 220 g/mol. The van der Waals surface area contributed by atoms with Crippen molar-refractivity contribution in [2.75, 3.05) is 11.5 Å². The van der Waals surface area contributed by atoms with Gasteiger partial charge >= 0.3 is 0 Å². The summed E-state index contributed by atoms with van der Waals surface area (Å²) >= 11 is 4.56. The maximum atomic E-state index is 2.54. The average molecular weight is 240 g/mol. The maximum Gasteiger partial charge on any atom is 0.0647 e. The summed E-state index contributed by atoms with van der Waals surface area (Å²) < 4.78 is 0.609. The van der Waals surface area contributed by atoms with Crippen molar-refractivity contribution in [3.63, 3.8) is 0 Å². The van der Waals surface area contributed by atoms with E-state index >= 15 is 0 Å². The molecule has 0 aromatic heterocycles. The minimum Gasteiger partial charge on any atom is -0.143 e. The van der Waals surface area contributed by atoms with Crippen LogP contribution in [0.3, 0.4) is 0 Å². The highest BCUT2D eigenvalue weighted by atomic mass is 32.2. The van der Waals surface area contributed by atoms with Gasteiger partial charge < -0.3 is 0 Å². The average Bonchev–Trinajstić information content (AvgIpc) is 2.67. The van der Waals surface area contributed by atoms with Gasteiger partial charge in [0.1, 0.15) is 0 Å². The van der Waals surface area contributed by atoms with E-state index in [0.717, 1.165) is 5.92 Å². The third-order valence-corrected chi connectivity index (χ3v) is 8.28. The van der Waals surface area contributed by atoms with Gasteiger partial charge in [0, 0.05) is 11.5 Å². The lowest BCUT2D eigenvalue weighted by Gasteiger charge is -2.52. The lowest BCUT2D eigenvalue weighted by Crippen LogP contribution is -2.45. The molecule has 15 heavy (non-hydrogen) atoms. The van der Waals surface area contributed by atoms with Crippen LogP contribution in [0.15, 0.2) is 12.2 Å². The smallest absolute Gasteiger partial charge is 0.0647 e. The van der Waals surface area contributed by atoms with Crippen LogP contribution in [0.1, 0.15) is 39.0 Å². The van der Waals surface area contributed by atoms with Crippen molar-refractivity contribution in [2.45, 2.75) is 43.1 Å². The van der Waals surface area contributed by atoms with Crippen molar-refractivity contribution in [3.8, 4) is 0 Å². The van der Waals surface area contributed by atoms with E-state index in [0.29, 0.717) is 9.49 Å². The van der Waals surface area contributed by atoms with Crippen molar-refractivity contribution in [3.05, 3.63) is 12.2 Å². The molecule has 2 atom stereocenters. The summed E-state index contributed by atoms with van der Waals surface area (Å²) in [6, 6.07) is 0. The molecule has 84 valence electrons. The van der Waals surface area contributed by atoms with Crippen molar-refractivity contribution in [1.82, 2.24) is 0 Å². The van der Waals surface area contributed by atoms with Crippen molar-refractivity contribution < 1.29 is 0 Å². The molecular formula is C13H20S2. The number of rotatable bonds is 0. The second kappa shape index (κ2) is 3.73.